The van der Waals surface area contributed by atoms with E-state index in [1.807, 2.05) is 24.3 Å². The van der Waals surface area contributed by atoms with Crippen molar-refractivity contribution in [1.29, 1.82) is 0 Å². The highest BCUT2D eigenvalue weighted by Gasteiger charge is 2.28. The first kappa shape index (κ1) is 12.5. The fourth-order valence-corrected chi connectivity index (χ4v) is 1.96. The first-order chi connectivity index (χ1) is 6.68. The van der Waals surface area contributed by atoms with Crippen molar-refractivity contribution in [2.45, 2.75) is 31.1 Å². The van der Waals surface area contributed by atoms with Gasteiger partial charge in [0.05, 0.1) is 12.2 Å². The molecule has 4 heteroatoms. The summed E-state index contributed by atoms with van der Waals surface area (Å²) in [6.07, 6.45) is -0.435. The van der Waals surface area contributed by atoms with E-state index in [2.05, 4.69) is 0 Å². The molecule has 4 N–H and O–H groups in total. The molecule has 1 aliphatic carbocycles. The molecule has 0 unspecified atom stereocenters. The van der Waals surface area contributed by atoms with Crippen LogP contribution in [0.25, 0.3) is 0 Å². The zero-order valence-corrected chi connectivity index (χ0v) is 9.15. The molecule has 1 aliphatic rings. The Morgan fingerprint density at radius 3 is 2.20 bits per heavy atom. The first-order valence-electron chi connectivity index (χ1n) is 4.87. The van der Waals surface area contributed by atoms with Gasteiger partial charge in [0.1, 0.15) is 0 Å². The Labute approximate surface area is 95.3 Å². The monoisotopic (exact) mass is 229 g/mol. The molecule has 0 heterocycles. The van der Waals surface area contributed by atoms with Crippen molar-refractivity contribution >= 4 is 12.4 Å². The molecule has 0 fully saturated rings. The van der Waals surface area contributed by atoms with E-state index in [0.717, 1.165) is 11.1 Å². The molecular weight excluding hydrogens is 214 g/mol. The zero-order chi connectivity index (χ0) is 10.1. The zero-order valence-electron chi connectivity index (χ0n) is 8.34. The second-order valence-corrected chi connectivity index (χ2v) is 3.90. The van der Waals surface area contributed by atoms with Gasteiger partial charge in [0.25, 0.3) is 0 Å². The summed E-state index contributed by atoms with van der Waals surface area (Å²) < 4.78 is 0. The Hall–Kier alpha value is -0.610. The maximum absolute atomic E-state index is 9.64. The first-order valence-corrected chi connectivity index (χ1v) is 4.87. The molecular formula is C11H16ClNO2. The van der Waals surface area contributed by atoms with E-state index in [4.69, 9.17) is 5.73 Å². The molecule has 1 aromatic rings. The number of halogens is 1. The van der Waals surface area contributed by atoms with E-state index in [-0.39, 0.29) is 18.4 Å². The molecule has 3 atom stereocenters. The standard InChI is InChI=1S/C11H15NO2.ClH/c12-9-5-7-3-1-2-4-8(7)6-10(13)11(9)14;/h1-4,9-11,13-14H,5-6,12H2;1H/t9-,10-,11-;/m0./s1. The second kappa shape index (κ2) is 4.94. The SMILES string of the molecule is Cl.N[C@H]1Cc2ccccc2C[C@H](O)[C@H]1O. The minimum atomic E-state index is -0.817. The van der Waals surface area contributed by atoms with Gasteiger partial charge in [-0.05, 0) is 17.5 Å². The molecule has 0 saturated carbocycles. The third-order valence-corrected chi connectivity index (χ3v) is 2.84. The van der Waals surface area contributed by atoms with E-state index in [0.29, 0.717) is 12.8 Å². The van der Waals surface area contributed by atoms with Crippen molar-refractivity contribution in [2.75, 3.05) is 0 Å². The van der Waals surface area contributed by atoms with Crippen LogP contribution in [0.5, 0.6) is 0 Å². The molecule has 0 spiro atoms. The van der Waals surface area contributed by atoms with Gasteiger partial charge >= 0.3 is 0 Å². The van der Waals surface area contributed by atoms with Gasteiger partial charge in [0.2, 0.25) is 0 Å². The van der Waals surface area contributed by atoms with Crippen molar-refractivity contribution in [3.63, 3.8) is 0 Å². The van der Waals surface area contributed by atoms with Gasteiger partial charge in [-0.3, -0.25) is 0 Å². The molecule has 84 valence electrons. The predicted octanol–water partition coefficient (Wildman–Crippen LogP) is 0.256. The maximum atomic E-state index is 9.64. The van der Waals surface area contributed by atoms with Gasteiger partial charge in [-0.15, -0.1) is 12.4 Å². The highest BCUT2D eigenvalue weighted by molar-refractivity contribution is 5.85. The summed E-state index contributed by atoms with van der Waals surface area (Å²) >= 11 is 0. The van der Waals surface area contributed by atoms with E-state index in [9.17, 15) is 10.2 Å². The van der Waals surface area contributed by atoms with Crippen LogP contribution in [0, 0.1) is 0 Å². The fourth-order valence-electron chi connectivity index (χ4n) is 1.96. The van der Waals surface area contributed by atoms with Crippen molar-refractivity contribution in [2.24, 2.45) is 5.73 Å². The number of hydrogen-bond acceptors (Lipinski definition) is 3. The molecule has 0 radical (unpaired) electrons. The van der Waals surface area contributed by atoms with E-state index < -0.39 is 12.2 Å². The molecule has 0 bridgehead atoms. The largest absolute Gasteiger partial charge is 0.390 e. The molecule has 0 saturated heterocycles. The average molecular weight is 230 g/mol. The summed E-state index contributed by atoms with van der Waals surface area (Å²) in [5, 5.41) is 19.3. The Morgan fingerprint density at radius 1 is 1.07 bits per heavy atom. The predicted molar refractivity (Wildman–Crippen MR) is 61.1 cm³/mol. The van der Waals surface area contributed by atoms with Gasteiger partial charge in [-0.1, -0.05) is 24.3 Å². The second-order valence-electron chi connectivity index (χ2n) is 3.90. The summed E-state index contributed by atoms with van der Waals surface area (Å²) in [4.78, 5) is 0. The third-order valence-electron chi connectivity index (χ3n) is 2.84. The Balaban J connectivity index is 0.00000112. The van der Waals surface area contributed by atoms with Crippen LogP contribution in [0.2, 0.25) is 0 Å². The number of hydrogen-bond donors (Lipinski definition) is 3. The minimum Gasteiger partial charge on any atom is -0.390 e. The van der Waals surface area contributed by atoms with Crippen molar-refractivity contribution < 1.29 is 10.2 Å². The lowest BCUT2D eigenvalue weighted by molar-refractivity contribution is 0.00800. The van der Waals surface area contributed by atoms with Crippen LogP contribution in [0.15, 0.2) is 24.3 Å². The fraction of sp³-hybridized carbons (Fsp3) is 0.455. The Kier molecular flexibility index (Phi) is 4.11. The quantitative estimate of drug-likeness (QED) is 0.559. The van der Waals surface area contributed by atoms with Crippen LogP contribution < -0.4 is 5.73 Å². The van der Waals surface area contributed by atoms with Gasteiger partial charge < -0.3 is 15.9 Å². The van der Waals surface area contributed by atoms with Crippen LogP contribution in [0.4, 0.5) is 0 Å². The number of rotatable bonds is 0. The number of aliphatic hydroxyl groups is 2. The summed E-state index contributed by atoms with van der Waals surface area (Å²) in [6.45, 7) is 0. The highest BCUT2D eigenvalue weighted by Crippen LogP contribution is 2.20. The normalized spacial score (nSPS) is 29.9. The van der Waals surface area contributed by atoms with Crippen molar-refractivity contribution in [1.82, 2.24) is 0 Å². The number of benzene rings is 1. The Morgan fingerprint density at radius 2 is 1.60 bits per heavy atom. The van der Waals surface area contributed by atoms with Crippen LogP contribution in [0.1, 0.15) is 11.1 Å². The lowest BCUT2D eigenvalue weighted by Gasteiger charge is -2.19. The molecule has 0 aliphatic heterocycles. The highest BCUT2D eigenvalue weighted by atomic mass is 35.5. The third kappa shape index (κ3) is 2.49. The van der Waals surface area contributed by atoms with Gasteiger partial charge in [-0.25, -0.2) is 0 Å². The van der Waals surface area contributed by atoms with Crippen LogP contribution in [0.3, 0.4) is 0 Å². The Bertz CT molecular complexity index is 301. The van der Waals surface area contributed by atoms with E-state index >= 15 is 0 Å². The minimum absolute atomic E-state index is 0. The van der Waals surface area contributed by atoms with Crippen LogP contribution >= 0.6 is 12.4 Å². The lowest BCUT2D eigenvalue weighted by Crippen LogP contribution is -2.43. The molecule has 1 aromatic carbocycles. The molecule has 0 aromatic heterocycles. The van der Waals surface area contributed by atoms with E-state index in [1.54, 1.807) is 0 Å². The molecule has 15 heavy (non-hydrogen) atoms. The van der Waals surface area contributed by atoms with Crippen LogP contribution in [-0.2, 0) is 12.8 Å². The molecule has 0 amide bonds. The molecule has 2 rings (SSSR count). The number of fused-ring (bicyclic) bond motifs is 1. The smallest absolute Gasteiger partial charge is 0.0955 e. The summed E-state index contributed by atoms with van der Waals surface area (Å²) in [5.74, 6) is 0. The summed E-state index contributed by atoms with van der Waals surface area (Å²) in [7, 11) is 0. The van der Waals surface area contributed by atoms with Gasteiger partial charge in [-0.2, -0.15) is 0 Å². The molecule has 3 nitrogen and oxygen atoms in total. The number of aliphatic hydroxyl groups excluding tert-OH is 2. The average Bonchev–Trinajstić information content (AvgIpc) is 2.28. The summed E-state index contributed by atoms with van der Waals surface area (Å²) in [6, 6.07) is 7.50. The summed E-state index contributed by atoms with van der Waals surface area (Å²) in [5.41, 5.74) is 8.00. The topological polar surface area (TPSA) is 66.5 Å². The van der Waals surface area contributed by atoms with Crippen LogP contribution in [-0.4, -0.2) is 28.5 Å². The van der Waals surface area contributed by atoms with Crippen molar-refractivity contribution in [3.05, 3.63) is 35.4 Å². The van der Waals surface area contributed by atoms with Crippen molar-refractivity contribution in [3.8, 4) is 0 Å². The van der Waals surface area contributed by atoms with E-state index in [1.165, 1.54) is 0 Å². The number of nitrogens with two attached hydrogens (primary N) is 1. The van der Waals surface area contributed by atoms with Gasteiger partial charge in [0, 0.05) is 12.5 Å². The maximum Gasteiger partial charge on any atom is 0.0955 e. The lowest BCUT2D eigenvalue weighted by atomic mass is 10.0. The van der Waals surface area contributed by atoms with Gasteiger partial charge in [0.15, 0.2) is 0 Å².